The first-order chi connectivity index (χ1) is 14.2. The number of thioether (sulfide) groups is 1. The zero-order valence-corrected chi connectivity index (χ0v) is 17.5. The lowest BCUT2D eigenvalue weighted by Gasteiger charge is -2.16. The molecule has 4 rings (SSSR count). The molecule has 8 heteroatoms. The molecule has 29 heavy (non-hydrogen) atoms. The maximum Gasteiger partial charge on any atom is 0.234 e. The van der Waals surface area contributed by atoms with E-state index >= 15 is 0 Å². The molecule has 0 aliphatic carbocycles. The number of hydrogen-bond acceptors (Lipinski definition) is 5. The van der Waals surface area contributed by atoms with E-state index < -0.39 is 0 Å². The van der Waals surface area contributed by atoms with E-state index in [4.69, 9.17) is 11.6 Å². The van der Waals surface area contributed by atoms with E-state index in [9.17, 15) is 4.79 Å². The number of halogens is 1. The van der Waals surface area contributed by atoms with E-state index in [0.29, 0.717) is 15.9 Å². The molecule has 1 N–H and O–H groups in total. The first-order valence-electron chi connectivity index (χ1n) is 9.60. The van der Waals surface area contributed by atoms with Crippen LogP contribution in [0, 0.1) is 0 Å². The average Bonchev–Trinajstić information content (AvgIpc) is 3.39. The Morgan fingerprint density at radius 2 is 1.76 bits per heavy atom. The van der Waals surface area contributed by atoms with Crippen molar-refractivity contribution in [3.63, 3.8) is 0 Å². The van der Waals surface area contributed by atoms with Crippen LogP contribution in [-0.2, 0) is 11.3 Å². The van der Waals surface area contributed by atoms with Crippen LogP contribution >= 0.6 is 23.4 Å². The molecule has 0 atom stereocenters. The molecule has 0 radical (unpaired) electrons. The summed E-state index contributed by atoms with van der Waals surface area (Å²) in [5, 5.41) is 12.9. The molecule has 1 saturated heterocycles. The SMILES string of the molecule is O=C(CSc1nnc(CN2CCCC2)n1-c1ccccc1)Nc1ccccc1Cl. The molecule has 0 bridgehead atoms. The molecule has 1 aliphatic heterocycles. The van der Waals surface area contributed by atoms with Crippen molar-refractivity contribution in [2.75, 3.05) is 24.2 Å². The van der Waals surface area contributed by atoms with Crippen LogP contribution in [0.2, 0.25) is 5.02 Å². The zero-order chi connectivity index (χ0) is 20.1. The van der Waals surface area contributed by atoms with Crippen molar-refractivity contribution >= 4 is 35.0 Å². The second kappa shape index (κ2) is 9.43. The summed E-state index contributed by atoms with van der Waals surface area (Å²) in [6.45, 7) is 2.93. The molecular weight excluding hydrogens is 406 g/mol. The van der Waals surface area contributed by atoms with Gasteiger partial charge in [-0.05, 0) is 50.2 Å². The zero-order valence-electron chi connectivity index (χ0n) is 15.9. The number of anilines is 1. The van der Waals surface area contributed by atoms with Gasteiger partial charge >= 0.3 is 0 Å². The van der Waals surface area contributed by atoms with Crippen molar-refractivity contribution in [3.05, 3.63) is 65.4 Å². The topological polar surface area (TPSA) is 63.1 Å². The van der Waals surface area contributed by atoms with E-state index in [1.807, 2.05) is 47.0 Å². The molecule has 2 heterocycles. The summed E-state index contributed by atoms with van der Waals surface area (Å²) in [6.07, 6.45) is 2.45. The highest BCUT2D eigenvalue weighted by Crippen LogP contribution is 2.25. The molecule has 3 aromatic rings. The fraction of sp³-hybridized carbons (Fsp3) is 0.286. The minimum Gasteiger partial charge on any atom is -0.324 e. The molecule has 0 saturated carbocycles. The van der Waals surface area contributed by atoms with Crippen molar-refractivity contribution in [2.24, 2.45) is 0 Å². The van der Waals surface area contributed by atoms with Crippen LogP contribution < -0.4 is 5.32 Å². The van der Waals surface area contributed by atoms with Gasteiger partial charge in [0.1, 0.15) is 0 Å². The quantitative estimate of drug-likeness (QED) is 0.571. The number of amides is 1. The van der Waals surface area contributed by atoms with Gasteiger partial charge < -0.3 is 5.32 Å². The first kappa shape index (κ1) is 19.9. The van der Waals surface area contributed by atoms with Gasteiger partial charge in [-0.2, -0.15) is 0 Å². The summed E-state index contributed by atoms with van der Waals surface area (Å²) in [5.74, 6) is 0.985. The number of nitrogens with zero attached hydrogens (tertiary/aromatic N) is 4. The molecule has 0 unspecified atom stereocenters. The third kappa shape index (κ3) is 4.98. The van der Waals surface area contributed by atoms with Crippen molar-refractivity contribution in [1.29, 1.82) is 0 Å². The fourth-order valence-corrected chi connectivity index (χ4v) is 4.31. The number of carbonyl (C=O) groups is 1. The second-order valence-corrected chi connectivity index (χ2v) is 8.22. The molecule has 1 aliphatic rings. The number of carbonyl (C=O) groups excluding carboxylic acids is 1. The summed E-state index contributed by atoms with van der Waals surface area (Å²) in [5.41, 5.74) is 1.61. The second-order valence-electron chi connectivity index (χ2n) is 6.87. The van der Waals surface area contributed by atoms with Gasteiger partial charge in [0.05, 0.1) is 23.0 Å². The van der Waals surface area contributed by atoms with E-state index in [-0.39, 0.29) is 11.7 Å². The minimum atomic E-state index is -0.133. The number of rotatable bonds is 7. The summed E-state index contributed by atoms with van der Waals surface area (Å²) < 4.78 is 2.05. The van der Waals surface area contributed by atoms with Crippen LogP contribution in [0.15, 0.2) is 59.8 Å². The monoisotopic (exact) mass is 427 g/mol. The van der Waals surface area contributed by atoms with E-state index in [2.05, 4.69) is 20.4 Å². The van der Waals surface area contributed by atoms with Crippen LogP contribution in [-0.4, -0.2) is 44.4 Å². The van der Waals surface area contributed by atoms with Gasteiger partial charge in [0, 0.05) is 5.69 Å². The van der Waals surface area contributed by atoms with Crippen LogP contribution in [0.25, 0.3) is 5.69 Å². The van der Waals surface area contributed by atoms with Crippen LogP contribution in [0.5, 0.6) is 0 Å². The van der Waals surface area contributed by atoms with Gasteiger partial charge in [0.15, 0.2) is 11.0 Å². The average molecular weight is 428 g/mol. The summed E-state index contributed by atoms with van der Waals surface area (Å²) >= 11 is 7.49. The summed E-state index contributed by atoms with van der Waals surface area (Å²) in [4.78, 5) is 14.8. The Morgan fingerprint density at radius 3 is 2.52 bits per heavy atom. The summed E-state index contributed by atoms with van der Waals surface area (Å²) in [6, 6.07) is 17.2. The molecule has 1 amide bonds. The lowest BCUT2D eigenvalue weighted by molar-refractivity contribution is -0.113. The predicted octanol–water partition coefficient (Wildman–Crippen LogP) is 4.25. The van der Waals surface area contributed by atoms with Gasteiger partial charge in [0.2, 0.25) is 5.91 Å². The number of para-hydroxylation sites is 2. The van der Waals surface area contributed by atoms with Crippen molar-refractivity contribution in [3.8, 4) is 5.69 Å². The largest absolute Gasteiger partial charge is 0.324 e. The Balaban J connectivity index is 1.50. The van der Waals surface area contributed by atoms with Gasteiger partial charge in [-0.25, -0.2) is 0 Å². The molecular formula is C21H22ClN5OS. The highest BCUT2D eigenvalue weighted by Gasteiger charge is 2.20. The van der Waals surface area contributed by atoms with E-state index in [1.165, 1.54) is 24.6 Å². The highest BCUT2D eigenvalue weighted by molar-refractivity contribution is 7.99. The van der Waals surface area contributed by atoms with Gasteiger partial charge in [-0.15, -0.1) is 10.2 Å². The Kier molecular flexibility index (Phi) is 6.49. The molecule has 2 aromatic carbocycles. The Labute approximate surface area is 179 Å². The van der Waals surface area contributed by atoms with Crippen molar-refractivity contribution < 1.29 is 4.79 Å². The Morgan fingerprint density at radius 1 is 1.03 bits per heavy atom. The molecule has 150 valence electrons. The molecule has 6 nitrogen and oxygen atoms in total. The Bertz CT molecular complexity index is 972. The molecule has 0 spiro atoms. The number of benzene rings is 2. The minimum absolute atomic E-state index is 0.133. The van der Waals surface area contributed by atoms with Crippen LogP contribution in [0.3, 0.4) is 0 Å². The Hall–Kier alpha value is -2.35. The normalized spacial score (nSPS) is 14.2. The number of aromatic nitrogens is 3. The maximum atomic E-state index is 12.4. The van der Waals surface area contributed by atoms with Gasteiger partial charge in [0.25, 0.3) is 0 Å². The third-order valence-electron chi connectivity index (χ3n) is 4.76. The standard InChI is InChI=1S/C21H22ClN5OS/c22-17-10-4-5-11-18(17)23-20(28)15-29-21-25-24-19(14-26-12-6-7-13-26)27(21)16-8-2-1-3-9-16/h1-5,8-11H,6-7,12-15H2,(H,23,28). The van der Waals surface area contributed by atoms with Crippen LogP contribution in [0.1, 0.15) is 18.7 Å². The van der Waals surface area contributed by atoms with Crippen molar-refractivity contribution in [2.45, 2.75) is 24.5 Å². The van der Waals surface area contributed by atoms with Gasteiger partial charge in [-0.3, -0.25) is 14.3 Å². The molecule has 1 aromatic heterocycles. The maximum absolute atomic E-state index is 12.4. The third-order valence-corrected chi connectivity index (χ3v) is 6.02. The first-order valence-corrected chi connectivity index (χ1v) is 11.0. The van der Waals surface area contributed by atoms with E-state index in [0.717, 1.165) is 31.1 Å². The number of hydrogen-bond donors (Lipinski definition) is 1. The summed E-state index contributed by atoms with van der Waals surface area (Å²) in [7, 11) is 0. The number of nitrogens with one attached hydrogen (secondary N) is 1. The van der Waals surface area contributed by atoms with Crippen LogP contribution in [0.4, 0.5) is 5.69 Å². The lowest BCUT2D eigenvalue weighted by atomic mass is 10.3. The fourth-order valence-electron chi connectivity index (χ4n) is 3.35. The van der Waals surface area contributed by atoms with Gasteiger partial charge in [-0.1, -0.05) is 53.7 Å². The molecule has 1 fully saturated rings. The lowest BCUT2D eigenvalue weighted by Crippen LogP contribution is -2.21. The number of likely N-dealkylation sites (tertiary alicyclic amines) is 1. The van der Waals surface area contributed by atoms with Crippen molar-refractivity contribution in [1.82, 2.24) is 19.7 Å². The smallest absolute Gasteiger partial charge is 0.234 e. The predicted molar refractivity (Wildman–Crippen MR) is 117 cm³/mol. The highest BCUT2D eigenvalue weighted by atomic mass is 35.5. The van der Waals surface area contributed by atoms with E-state index in [1.54, 1.807) is 12.1 Å².